The monoisotopic (exact) mass is 338 g/mol. The summed E-state index contributed by atoms with van der Waals surface area (Å²) in [6, 6.07) is 9.93. The minimum absolute atomic E-state index is 0.0459. The molecule has 1 amide bonds. The molecule has 1 unspecified atom stereocenters. The third-order valence-electron chi connectivity index (χ3n) is 3.88. The Hall–Kier alpha value is -3.35. The van der Waals surface area contributed by atoms with Gasteiger partial charge in [0.25, 0.3) is 11.5 Å². The van der Waals surface area contributed by atoms with E-state index in [0.717, 1.165) is 5.56 Å². The molecule has 0 bridgehead atoms. The molecular formula is C18H18N4O3. The number of hydrogen-bond donors (Lipinski definition) is 2. The fraction of sp³-hybridized carbons (Fsp3) is 0.167. The number of nitrogens with zero attached hydrogens (tertiary/aromatic N) is 2. The first kappa shape index (κ1) is 16.5. The molecule has 0 saturated heterocycles. The highest BCUT2D eigenvalue weighted by molar-refractivity contribution is 5.94. The molecule has 1 atom stereocenters. The Morgan fingerprint density at radius 2 is 2.16 bits per heavy atom. The lowest BCUT2D eigenvalue weighted by molar-refractivity contribution is 0.0939. The van der Waals surface area contributed by atoms with Crippen LogP contribution in [-0.4, -0.2) is 27.6 Å². The van der Waals surface area contributed by atoms with E-state index in [-0.39, 0.29) is 5.56 Å². The number of carbonyl (C=O) groups excluding carboxylic acids is 1. The van der Waals surface area contributed by atoms with Gasteiger partial charge in [0.1, 0.15) is 23.2 Å². The van der Waals surface area contributed by atoms with Crippen LogP contribution < -0.4 is 15.6 Å². The molecule has 0 aliphatic carbocycles. The molecule has 7 heteroatoms. The maximum Gasteiger partial charge on any atom is 0.260 e. The Morgan fingerprint density at radius 1 is 1.32 bits per heavy atom. The zero-order chi connectivity index (χ0) is 17.8. The van der Waals surface area contributed by atoms with Crippen molar-refractivity contribution in [1.82, 2.24) is 19.9 Å². The molecule has 25 heavy (non-hydrogen) atoms. The number of imidazole rings is 1. The van der Waals surface area contributed by atoms with Crippen LogP contribution in [0.25, 0.3) is 0 Å². The third-order valence-corrected chi connectivity index (χ3v) is 3.88. The van der Waals surface area contributed by atoms with Crippen LogP contribution in [0.1, 0.15) is 27.8 Å². The van der Waals surface area contributed by atoms with Gasteiger partial charge in [-0.25, -0.2) is 4.98 Å². The number of H-pyrrole nitrogens is 1. The van der Waals surface area contributed by atoms with Crippen LogP contribution in [0.4, 0.5) is 0 Å². The second-order valence-electron chi connectivity index (χ2n) is 5.49. The number of pyridine rings is 1. The molecule has 0 saturated carbocycles. The van der Waals surface area contributed by atoms with Crippen LogP contribution in [0.5, 0.6) is 5.75 Å². The van der Waals surface area contributed by atoms with Crippen molar-refractivity contribution >= 4 is 5.91 Å². The number of rotatable bonds is 5. The molecule has 2 aromatic heterocycles. The van der Waals surface area contributed by atoms with E-state index in [1.807, 2.05) is 35.9 Å². The fourth-order valence-corrected chi connectivity index (χ4v) is 2.58. The molecule has 0 aliphatic heterocycles. The van der Waals surface area contributed by atoms with Gasteiger partial charge in [0, 0.05) is 25.6 Å². The van der Waals surface area contributed by atoms with Gasteiger partial charge in [-0.15, -0.1) is 0 Å². The standard InChI is InChI=1S/C18H18N4O3/c1-22-10-9-19-16(22)15(12-5-3-6-13(11-12)25-2)21-18(24)14-7-4-8-20-17(14)23/h3-11,15H,1-2H3,(H,20,23)(H,21,24). The molecule has 0 fully saturated rings. The number of carbonyl (C=O) groups is 1. The van der Waals surface area contributed by atoms with E-state index in [1.165, 1.54) is 12.3 Å². The van der Waals surface area contributed by atoms with Crippen LogP contribution in [0, 0.1) is 0 Å². The van der Waals surface area contributed by atoms with E-state index in [9.17, 15) is 9.59 Å². The van der Waals surface area contributed by atoms with E-state index >= 15 is 0 Å². The number of aryl methyl sites for hydroxylation is 1. The molecular weight excluding hydrogens is 320 g/mol. The van der Waals surface area contributed by atoms with Gasteiger partial charge < -0.3 is 19.6 Å². The van der Waals surface area contributed by atoms with E-state index in [0.29, 0.717) is 11.6 Å². The average molecular weight is 338 g/mol. The number of aromatic amines is 1. The third kappa shape index (κ3) is 3.45. The molecule has 0 aliphatic rings. The van der Waals surface area contributed by atoms with Gasteiger partial charge >= 0.3 is 0 Å². The van der Waals surface area contributed by atoms with Crippen LogP contribution in [-0.2, 0) is 7.05 Å². The number of methoxy groups -OCH3 is 1. The van der Waals surface area contributed by atoms with Crippen LogP contribution >= 0.6 is 0 Å². The Labute approximate surface area is 144 Å². The highest BCUT2D eigenvalue weighted by atomic mass is 16.5. The van der Waals surface area contributed by atoms with Gasteiger partial charge in [-0.05, 0) is 29.8 Å². The Bertz CT molecular complexity index is 945. The van der Waals surface area contributed by atoms with Crippen molar-refractivity contribution in [3.63, 3.8) is 0 Å². The first-order valence-electron chi connectivity index (χ1n) is 7.70. The van der Waals surface area contributed by atoms with Crippen molar-refractivity contribution in [2.75, 3.05) is 7.11 Å². The minimum atomic E-state index is -0.526. The summed E-state index contributed by atoms with van der Waals surface area (Å²) in [5, 5.41) is 2.89. The molecule has 7 nitrogen and oxygen atoms in total. The number of aromatic nitrogens is 3. The summed E-state index contributed by atoms with van der Waals surface area (Å²) in [6.45, 7) is 0. The van der Waals surface area contributed by atoms with Crippen molar-refractivity contribution in [2.45, 2.75) is 6.04 Å². The SMILES string of the molecule is COc1cccc(C(NC(=O)c2ccc[nH]c2=O)c2nccn2C)c1. The largest absolute Gasteiger partial charge is 0.497 e. The second-order valence-corrected chi connectivity index (χ2v) is 5.49. The molecule has 128 valence electrons. The van der Waals surface area contributed by atoms with Gasteiger partial charge in [0.2, 0.25) is 0 Å². The van der Waals surface area contributed by atoms with Crippen molar-refractivity contribution < 1.29 is 9.53 Å². The fourth-order valence-electron chi connectivity index (χ4n) is 2.58. The smallest absolute Gasteiger partial charge is 0.260 e. The maximum absolute atomic E-state index is 12.6. The second kappa shape index (κ2) is 7.04. The normalized spacial score (nSPS) is 11.8. The average Bonchev–Trinajstić information content (AvgIpc) is 3.05. The predicted molar refractivity (Wildman–Crippen MR) is 92.6 cm³/mol. The van der Waals surface area contributed by atoms with E-state index in [4.69, 9.17) is 4.74 Å². The first-order valence-corrected chi connectivity index (χ1v) is 7.70. The topological polar surface area (TPSA) is 89.0 Å². The Balaban J connectivity index is 2.00. The molecule has 1 aromatic carbocycles. The predicted octanol–water partition coefficient (Wildman–Crippen LogP) is 1.64. The lowest BCUT2D eigenvalue weighted by Gasteiger charge is -2.19. The zero-order valence-electron chi connectivity index (χ0n) is 13.9. The van der Waals surface area contributed by atoms with E-state index in [2.05, 4.69) is 15.3 Å². The number of benzene rings is 1. The quantitative estimate of drug-likeness (QED) is 0.740. The van der Waals surface area contributed by atoms with Crippen LogP contribution in [0.2, 0.25) is 0 Å². The summed E-state index contributed by atoms with van der Waals surface area (Å²) in [5.41, 5.74) is 0.406. The summed E-state index contributed by atoms with van der Waals surface area (Å²) in [7, 11) is 3.42. The van der Waals surface area contributed by atoms with E-state index in [1.54, 1.807) is 25.6 Å². The van der Waals surface area contributed by atoms with Crippen molar-refractivity contribution in [1.29, 1.82) is 0 Å². The molecule has 3 rings (SSSR count). The molecule has 2 heterocycles. The number of hydrogen-bond acceptors (Lipinski definition) is 4. The molecule has 3 aromatic rings. The van der Waals surface area contributed by atoms with Gasteiger partial charge in [-0.2, -0.15) is 0 Å². The first-order chi connectivity index (χ1) is 12.1. The zero-order valence-corrected chi connectivity index (χ0v) is 13.9. The molecule has 2 N–H and O–H groups in total. The van der Waals surface area contributed by atoms with Crippen molar-refractivity contribution in [3.8, 4) is 5.75 Å². The Kier molecular flexibility index (Phi) is 4.65. The molecule has 0 spiro atoms. The Morgan fingerprint density at radius 3 is 2.84 bits per heavy atom. The van der Waals surface area contributed by atoms with Gasteiger partial charge in [0.05, 0.1) is 7.11 Å². The summed E-state index contributed by atoms with van der Waals surface area (Å²) in [4.78, 5) is 31.3. The van der Waals surface area contributed by atoms with Gasteiger partial charge in [0.15, 0.2) is 0 Å². The highest BCUT2D eigenvalue weighted by Gasteiger charge is 2.23. The summed E-state index contributed by atoms with van der Waals surface area (Å²) in [5.74, 6) is 0.843. The number of amides is 1. The summed E-state index contributed by atoms with van der Waals surface area (Å²) < 4.78 is 7.09. The lowest BCUT2D eigenvalue weighted by Crippen LogP contribution is -2.34. The van der Waals surface area contributed by atoms with Crippen LogP contribution in [0.3, 0.4) is 0 Å². The van der Waals surface area contributed by atoms with Crippen LogP contribution in [0.15, 0.2) is 59.8 Å². The highest BCUT2D eigenvalue weighted by Crippen LogP contribution is 2.24. The summed E-state index contributed by atoms with van der Waals surface area (Å²) in [6.07, 6.45) is 4.94. The minimum Gasteiger partial charge on any atom is -0.497 e. The number of nitrogens with one attached hydrogen (secondary N) is 2. The maximum atomic E-state index is 12.6. The van der Waals surface area contributed by atoms with Crippen molar-refractivity contribution in [3.05, 3.63) is 82.3 Å². The molecule has 0 radical (unpaired) electrons. The van der Waals surface area contributed by atoms with Gasteiger partial charge in [-0.3, -0.25) is 9.59 Å². The summed E-state index contributed by atoms with van der Waals surface area (Å²) >= 11 is 0. The number of ether oxygens (including phenoxy) is 1. The van der Waals surface area contributed by atoms with Gasteiger partial charge in [-0.1, -0.05) is 12.1 Å². The lowest BCUT2D eigenvalue weighted by atomic mass is 10.0. The van der Waals surface area contributed by atoms with Crippen molar-refractivity contribution in [2.24, 2.45) is 7.05 Å². The van der Waals surface area contributed by atoms with E-state index < -0.39 is 17.5 Å².